The quantitative estimate of drug-likeness (QED) is 0.610. The molecule has 0 aliphatic rings. The molecular weight excluding hydrogens is 298 g/mol. The first-order chi connectivity index (χ1) is 8.43. The molecular formula is C10H14ClNO4S2. The molecule has 102 valence electrons. The van der Waals surface area contributed by atoms with Crippen LogP contribution in [0.1, 0.15) is 11.3 Å². The average molecular weight is 312 g/mol. The third-order valence-corrected chi connectivity index (χ3v) is 5.24. The minimum atomic E-state index is -3.70. The van der Waals surface area contributed by atoms with Gasteiger partial charge in [0.05, 0.1) is 6.42 Å². The third-order valence-electron chi connectivity index (χ3n) is 2.06. The number of methoxy groups -OCH3 is 1. The molecule has 1 rings (SSSR count). The maximum Gasteiger partial charge on any atom is 0.270 e. The van der Waals surface area contributed by atoms with Crippen LogP contribution in [0.3, 0.4) is 0 Å². The number of rotatable bonds is 7. The predicted molar refractivity (Wildman–Crippen MR) is 70.6 cm³/mol. The lowest BCUT2D eigenvalue weighted by atomic mass is 10.3. The summed E-state index contributed by atoms with van der Waals surface area (Å²) in [6.07, 6.45) is 0.901. The lowest BCUT2D eigenvalue weighted by molar-refractivity contribution is -0.120. The van der Waals surface area contributed by atoms with E-state index in [1.807, 2.05) is 0 Å². The lowest BCUT2D eigenvalue weighted by Crippen LogP contribution is -2.26. The van der Waals surface area contributed by atoms with Crippen LogP contribution < -0.4 is 5.32 Å². The van der Waals surface area contributed by atoms with Gasteiger partial charge in [0.25, 0.3) is 9.05 Å². The number of carbonyl (C=O) groups is 1. The molecule has 1 aromatic heterocycles. The van der Waals surface area contributed by atoms with Crippen molar-refractivity contribution in [3.05, 3.63) is 17.0 Å². The van der Waals surface area contributed by atoms with Crippen molar-refractivity contribution in [3.63, 3.8) is 0 Å². The van der Waals surface area contributed by atoms with E-state index in [1.165, 1.54) is 6.07 Å². The van der Waals surface area contributed by atoms with Crippen LogP contribution in [0.15, 0.2) is 16.3 Å². The van der Waals surface area contributed by atoms with E-state index in [2.05, 4.69) is 5.32 Å². The van der Waals surface area contributed by atoms with Gasteiger partial charge < -0.3 is 10.1 Å². The van der Waals surface area contributed by atoms with Crippen molar-refractivity contribution in [1.82, 2.24) is 5.32 Å². The molecule has 0 aliphatic carbocycles. The lowest BCUT2D eigenvalue weighted by Gasteiger charge is -2.03. The van der Waals surface area contributed by atoms with Gasteiger partial charge in [-0.2, -0.15) is 0 Å². The molecule has 1 heterocycles. The summed E-state index contributed by atoms with van der Waals surface area (Å²) in [6, 6.07) is 3.00. The van der Waals surface area contributed by atoms with Gasteiger partial charge in [-0.1, -0.05) is 0 Å². The monoisotopic (exact) mass is 311 g/mol. The minimum Gasteiger partial charge on any atom is -0.385 e. The normalized spacial score (nSPS) is 11.4. The summed E-state index contributed by atoms with van der Waals surface area (Å²) >= 11 is 1.01. The molecule has 1 N–H and O–H groups in total. The van der Waals surface area contributed by atoms with Crippen LogP contribution in [-0.4, -0.2) is 34.6 Å². The number of halogens is 1. The summed E-state index contributed by atoms with van der Waals surface area (Å²) in [6.45, 7) is 1.13. The van der Waals surface area contributed by atoms with Crippen molar-refractivity contribution in [2.45, 2.75) is 17.1 Å². The highest BCUT2D eigenvalue weighted by Gasteiger charge is 2.14. The van der Waals surface area contributed by atoms with Gasteiger partial charge in [0.15, 0.2) is 0 Å². The zero-order valence-corrected chi connectivity index (χ0v) is 12.2. The second-order valence-corrected chi connectivity index (χ2v) is 7.49. The largest absolute Gasteiger partial charge is 0.385 e. The van der Waals surface area contributed by atoms with Crippen LogP contribution in [-0.2, 0) is 25.0 Å². The van der Waals surface area contributed by atoms with Crippen LogP contribution in [0, 0.1) is 0 Å². The Bertz CT molecular complexity index is 498. The Morgan fingerprint density at radius 3 is 2.78 bits per heavy atom. The van der Waals surface area contributed by atoms with Gasteiger partial charge in [0, 0.05) is 35.8 Å². The van der Waals surface area contributed by atoms with Crippen molar-refractivity contribution >= 4 is 37.0 Å². The maximum atomic E-state index is 11.5. The van der Waals surface area contributed by atoms with E-state index in [9.17, 15) is 13.2 Å². The summed E-state index contributed by atoms with van der Waals surface area (Å²) in [5, 5.41) is 2.72. The Morgan fingerprint density at radius 2 is 2.22 bits per heavy atom. The zero-order valence-electron chi connectivity index (χ0n) is 9.81. The molecule has 18 heavy (non-hydrogen) atoms. The molecule has 0 unspecified atom stereocenters. The van der Waals surface area contributed by atoms with Crippen molar-refractivity contribution in [2.75, 3.05) is 20.3 Å². The molecule has 0 radical (unpaired) electrons. The van der Waals surface area contributed by atoms with Gasteiger partial charge in [0.2, 0.25) is 5.91 Å². The summed E-state index contributed by atoms with van der Waals surface area (Å²) in [7, 11) is 3.09. The number of carbonyl (C=O) groups excluding carboxylic acids is 1. The van der Waals surface area contributed by atoms with Crippen LogP contribution in [0.4, 0.5) is 0 Å². The Morgan fingerprint density at radius 1 is 1.50 bits per heavy atom. The summed E-state index contributed by atoms with van der Waals surface area (Å²) in [5.74, 6) is -0.147. The fraction of sp³-hybridized carbons (Fsp3) is 0.500. The number of ether oxygens (including phenoxy) is 1. The van der Waals surface area contributed by atoms with E-state index in [1.54, 1.807) is 13.2 Å². The summed E-state index contributed by atoms with van der Waals surface area (Å²) in [4.78, 5) is 12.2. The first-order valence-electron chi connectivity index (χ1n) is 5.22. The van der Waals surface area contributed by atoms with Gasteiger partial charge >= 0.3 is 0 Å². The van der Waals surface area contributed by atoms with E-state index < -0.39 is 9.05 Å². The predicted octanol–water partition coefficient (Wildman–Crippen LogP) is 1.37. The second kappa shape index (κ2) is 7.08. The number of nitrogens with one attached hydrogen (secondary N) is 1. The molecule has 0 aliphatic heterocycles. The number of thiophene rings is 1. The number of hydrogen-bond donors (Lipinski definition) is 1. The highest BCUT2D eigenvalue weighted by molar-refractivity contribution is 8.15. The van der Waals surface area contributed by atoms with E-state index in [0.29, 0.717) is 18.0 Å². The van der Waals surface area contributed by atoms with E-state index >= 15 is 0 Å². The van der Waals surface area contributed by atoms with Crippen LogP contribution in [0.25, 0.3) is 0 Å². The van der Waals surface area contributed by atoms with Crippen LogP contribution in [0.2, 0.25) is 0 Å². The molecule has 1 aromatic rings. The Kier molecular flexibility index (Phi) is 6.07. The molecule has 8 heteroatoms. The molecule has 0 aromatic carbocycles. The first-order valence-corrected chi connectivity index (χ1v) is 8.35. The molecule has 0 atom stereocenters. The van der Waals surface area contributed by atoms with Crippen molar-refractivity contribution < 1.29 is 17.9 Å². The van der Waals surface area contributed by atoms with Crippen LogP contribution >= 0.6 is 22.0 Å². The third kappa shape index (κ3) is 5.34. The van der Waals surface area contributed by atoms with E-state index in [-0.39, 0.29) is 16.5 Å². The molecule has 1 amide bonds. The average Bonchev–Trinajstić information content (AvgIpc) is 2.72. The Labute approximate surface area is 115 Å². The second-order valence-electron chi connectivity index (χ2n) is 3.53. The topological polar surface area (TPSA) is 72.5 Å². The number of hydrogen-bond acceptors (Lipinski definition) is 5. The van der Waals surface area contributed by atoms with Crippen molar-refractivity contribution in [2.24, 2.45) is 0 Å². The Balaban J connectivity index is 2.43. The summed E-state index contributed by atoms with van der Waals surface area (Å²) < 4.78 is 27.0. The van der Waals surface area contributed by atoms with Gasteiger partial charge in [-0.05, 0) is 18.6 Å². The van der Waals surface area contributed by atoms with Gasteiger partial charge in [0.1, 0.15) is 4.21 Å². The fourth-order valence-corrected chi connectivity index (χ4v) is 3.37. The van der Waals surface area contributed by atoms with E-state index in [4.69, 9.17) is 15.4 Å². The Hall–Kier alpha value is -0.630. The molecule has 0 saturated heterocycles. The first kappa shape index (κ1) is 15.4. The highest BCUT2D eigenvalue weighted by Crippen LogP contribution is 2.24. The standard InChI is InChI=1S/C10H14ClNO4S2/c1-16-6-2-5-12-9(13)7-8-3-4-10(17-8)18(11,14)15/h3-4H,2,5-7H2,1H3,(H,12,13). The zero-order chi connectivity index (χ0) is 13.6. The highest BCUT2D eigenvalue weighted by atomic mass is 35.7. The van der Waals surface area contributed by atoms with Gasteiger partial charge in [-0.15, -0.1) is 11.3 Å². The van der Waals surface area contributed by atoms with Gasteiger partial charge in [-0.25, -0.2) is 8.42 Å². The molecule has 5 nitrogen and oxygen atoms in total. The summed E-state index contributed by atoms with van der Waals surface area (Å²) in [5.41, 5.74) is 0. The van der Waals surface area contributed by atoms with Gasteiger partial charge in [-0.3, -0.25) is 4.79 Å². The molecule has 0 saturated carbocycles. The minimum absolute atomic E-state index is 0.0614. The van der Waals surface area contributed by atoms with E-state index in [0.717, 1.165) is 17.8 Å². The number of amides is 1. The molecule has 0 fully saturated rings. The van der Waals surface area contributed by atoms with Crippen molar-refractivity contribution in [3.8, 4) is 0 Å². The smallest absolute Gasteiger partial charge is 0.270 e. The van der Waals surface area contributed by atoms with Crippen molar-refractivity contribution in [1.29, 1.82) is 0 Å². The maximum absolute atomic E-state index is 11.5. The fourth-order valence-electron chi connectivity index (χ4n) is 1.25. The molecule has 0 bridgehead atoms. The SMILES string of the molecule is COCCCNC(=O)Cc1ccc(S(=O)(=O)Cl)s1. The molecule has 0 spiro atoms. The van der Waals surface area contributed by atoms with Crippen LogP contribution in [0.5, 0.6) is 0 Å².